The molecular formula is C7H15Cl2N. The number of halogens is 2. The van der Waals surface area contributed by atoms with E-state index in [4.69, 9.17) is 11.6 Å². The molecule has 1 aliphatic rings. The van der Waals surface area contributed by atoms with Gasteiger partial charge in [-0.2, -0.15) is 0 Å². The lowest BCUT2D eigenvalue weighted by Crippen LogP contribution is -3.00. The number of piperidine rings is 1. The van der Waals surface area contributed by atoms with Gasteiger partial charge in [0.1, 0.15) is 0 Å². The van der Waals surface area contributed by atoms with Crippen LogP contribution in [0.2, 0.25) is 0 Å². The Kier molecular flexibility index (Phi) is 4.66. The van der Waals surface area contributed by atoms with Gasteiger partial charge in [0.15, 0.2) is 6.00 Å². The summed E-state index contributed by atoms with van der Waals surface area (Å²) in [6, 6.07) is 0.792. The summed E-state index contributed by atoms with van der Waals surface area (Å²) in [5.41, 5.74) is 0. The molecule has 1 rings (SSSR count). The molecule has 1 heterocycles. The Balaban J connectivity index is 0.000000810. The number of alkyl halides is 1. The second-order valence-corrected chi connectivity index (χ2v) is 3.49. The summed E-state index contributed by atoms with van der Waals surface area (Å²) >= 11 is 5.79. The van der Waals surface area contributed by atoms with Gasteiger partial charge in [0.2, 0.25) is 0 Å². The van der Waals surface area contributed by atoms with Crippen molar-refractivity contribution in [2.24, 2.45) is 0 Å². The largest absolute Gasteiger partial charge is 1.00 e. The van der Waals surface area contributed by atoms with Gasteiger partial charge in [-0.15, -0.1) is 0 Å². The molecule has 1 fully saturated rings. The van der Waals surface area contributed by atoms with Gasteiger partial charge in [-0.3, -0.25) is 0 Å². The van der Waals surface area contributed by atoms with E-state index in [1.807, 2.05) is 0 Å². The molecule has 0 spiro atoms. The zero-order valence-corrected chi connectivity index (χ0v) is 7.96. The maximum Gasteiger partial charge on any atom is 0.154 e. The first kappa shape index (κ1) is 10.5. The molecule has 1 nitrogen and oxygen atoms in total. The van der Waals surface area contributed by atoms with E-state index in [-0.39, 0.29) is 12.4 Å². The van der Waals surface area contributed by atoms with Gasteiger partial charge in [-0.05, 0) is 19.3 Å². The van der Waals surface area contributed by atoms with E-state index < -0.39 is 0 Å². The smallest absolute Gasteiger partial charge is 0.154 e. The number of rotatable bonds is 1. The van der Waals surface area contributed by atoms with Crippen molar-refractivity contribution in [2.75, 3.05) is 26.1 Å². The lowest BCUT2D eigenvalue weighted by Gasteiger charge is -2.35. The summed E-state index contributed by atoms with van der Waals surface area (Å²) < 4.78 is 1.08. The van der Waals surface area contributed by atoms with Crippen LogP contribution in [-0.2, 0) is 0 Å². The first-order valence-corrected chi connectivity index (χ1v) is 4.20. The van der Waals surface area contributed by atoms with Crippen molar-refractivity contribution < 1.29 is 16.9 Å². The maximum atomic E-state index is 5.79. The summed E-state index contributed by atoms with van der Waals surface area (Å²) in [5.74, 6) is 0. The molecule has 0 radical (unpaired) electrons. The Bertz CT molecular complexity index is 89.6. The topological polar surface area (TPSA) is 0 Å². The summed E-state index contributed by atoms with van der Waals surface area (Å²) in [7, 11) is 2.24. The maximum absolute atomic E-state index is 5.79. The van der Waals surface area contributed by atoms with Crippen molar-refractivity contribution in [3.63, 3.8) is 0 Å². The number of quaternary nitrogens is 1. The van der Waals surface area contributed by atoms with Crippen molar-refractivity contribution in [3.8, 4) is 0 Å². The third-order valence-electron chi connectivity index (χ3n) is 2.18. The fraction of sp³-hybridized carbons (Fsp3) is 1.00. The van der Waals surface area contributed by atoms with Gasteiger partial charge in [0.05, 0.1) is 20.1 Å². The van der Waals surface area contributed by atoms with Crippen molar-refractivity contribution in [3.05, 3.63) is 0 Å². The van der Waals surface area contributed by atoms with Gasteiger partial charge in [0.25, 0.3) is 0 Å². The van der Waals surface area contributed by atoms with Gasteiger partial charge >= 0.3 is 0 Å². The molecule has 0 atom stereocenters. The van der Waals surface area contributed by atoms with Crippen LogP contribution in [0.5, 0.6) is 0 Å². The molecule has 1 aliphatic heterocycles. The average molecular weight is 184 g/mol. The van der Waals surface area contributed by atoms with Crippen LogP contribution in [0.4, 0.5) is 0 Å². The predicted molar refractivity (Wildman–Crippen MR) is 40.5 cm³/mol. The molecule has 0 aromatic heterocycles. The first-order chi connectivity index (χ1) is 4.27. The zero-order valence-electron chi connectivity index (χ0n) is 6.45. The molecule has 1 saturated heterocycles. The summed E-state index contributed by atoms with van der Waals surface area (Å²) in [4.78, 5) is 0. The highest BCUT2D eigenvalue weighted by atomic mass is 35.5. The fourth-order valence-electron chi connectivity index (χ4n) is 1.40. The third-order valence-corrected chi connectivity index (χ3v) is 2.76. The van der Waals surface area contributed by atoms with Crippen LogP contribution < -0.4 is 12.4 Å². The molecule has 0 saturated carbocycles. The van der Waals surface area contributed by atoms with Crippen molar-refractivity contribution >= 4 is 11.6 Å². The molecule has 3 heteroatoms. The third kappa shape index (κ3) is 2.65. The second kappa shape index (κ2) is 4.42. The first-order valence-electron chi connectivity index (χ1n) is 3.66. The Hall–Kier alpha value is 0.540. The highest BCUT2D eigenvalue weighted by Gasteiger charge is 2.22. The van der Waals surface area contributed by atoms with Crippen molar-refractivity contribution in [2.45, 2.75) is 19.3 Å². The Morgan fingerprint density at radius 3 is 2.00 bits per heavy atom. The van der Waals surface area contributed by atoms with E-state index in [1.165, 1.54) is 32.4 Å². The average Bonchev–Trinajstić information content (AvgIpc) is 1.90. The summed E-state index contributed by atoms with van der Waals surface area (Å²) in [6.07, 6.45) is 4.14. The summed E-state index contributed by atoms with van der Waals surface area (Å²) in [5, 5.41) is 0. The predicted octanol–water partition coefficient (Wildman–Crippen LogP) is -1.18. The molecule has 0 bridgehead atoms. The van der Waals surface area contributed by atoms with Gasteiger partial charge in [-0.25, -0.2) is 0 Å². The lowest BCUT2D eigenvalue weighted by molar-refractivity contribution is -0.903. The number of likely N-dealkylation sites (tertiary alicyclic amines) is 1. The molecule has 0 unspecified atom stereocenters. The van der Waals surface area contributed by atoms with Crippen molar-refractivity contribution in [1.29, 1.82) is 0 Å². The van der Waals surface area contributed by atoms with E-state index in [9.17, 15) is 0 Å². The van der Waals surface area contributed by atoms with Crippen LogP contribution in [0.1, 0.15) is 19.3 Å². The van der Waals surface area contributed by atoms with Gasteiger partial charge in [-0.1, -0.05) is 11.6 Å². The molecule has 0 aromatic rings. The van der Waals surface area contributed by atoms with Crippen LogP contribution in [0.15, 0.2) is 0 Å². The highest BCUT2D eigenvalue weighted by Crippen LogP contribution is 2.16. The van der Waals surface area contributed by atoms with Crippen LogP contribution in [0.25, 0.3) is 0 Å². The molecular weight excluding hydrogens is 169 g/mol. The minimum absolute atomic E-state index is 0. The monoisotopic (exact) mass is 183 g/mol. The van der Waals surface area contributed by atoms with Crippen LogP contribution in [-0.4, -0.2) is 30.6 Å². The Labute approximate surface area is 74.3 Å². The molecule has 62 valence electrons. The van der Waals surface area contributed by atoms with E-state index >= 15 is 0 Å². The minimum atomic E-state index is 0. The van der Waals surface area contributed by atoms with Crippen molar-refractivity contribution in [1.82, 2.24) is 0 Å². The SMILES string of the molecule is C[N+]1(CCl)CCCCC1.[Cl-]. The minimum Gasteiger partial charge on any atom is -1.00 e. The molecule has 0 aliphatic carbocycles. The second-order valence-electron chi connectivity index (χ2n) is 3.25. The molecule has 0 aromatic carbocycles. The number of hydrogen-bond acceptors (Lipinski definition) is 0. The molecule has 0 N–H and O–H groups in total. The zero-order chi connectivity index (χ0) is 6.74. The van der Waals surface area contributed by atoms with E-state index in [1.54, 1.807) is 0 Å². The van der Waals surface area contributed by atoms with Crippen LogP contribution in [0.3, 0.4) is 0 Å². The van der Waals surface area contributed by atoms with E-state index in [0.717, 1.165) is 10.5 Å². The summed E-state index contributed by atoms with van der Waals surface area (Å²) in [6.45, 7) is 2.56. The quantitative estimate of drug-likeness (QED) is 0.273. The molecule has 10 heavy (non-hydrogen) atoms. The molecule has 0 amide bonds. The van der Waals surface area contributed by atoms with Gasteiger partial charge < -0.3 is 16.9 Å². The number of hydrogen-bond donors (Lipinski definition) is 0. The van der Waals surface area contributed by atoms with Crippen LogP contribution >= 0.6 is 11.6 Å². The fourth-order valence-corrected chi connectivity index (χ4v) is 1.63. The Morgan fingerprint density at radius 1 is 1.20 bits per heavy atom. The number of nitrogens with zero attached hydrogens (tertiary/aromatic N) is 1. The van der Waals surface area contributed by atoms with Crippen LogP contribution in [0, 0.1) is 0 Å². The lowest BCUT2D eigenvalue weighted by atomic mass is 10.1. The highest BCUT2D eigenvalue weighted by molar-refractivity contribution is 6.16. The van der Waals surface area contributed by atoms with E-state index in [2.05, 4.69) is 7.05 Å². The van der Waals surface area contributed by atoms with E-state index in [0.29, 0.717) is 0 Å². The normalized spacial score (nSPS) is 23.4. The van der Waals surface area contributed by atoms with Gasteiger partial charge in [0, 0.05) is 0 Å². The Morgan fingerprint density at radius 2 is 1.70 bits per heavy atom. The standard InChI is InChI=1S/C7H15ClN.ClH/c1-9(7-8)5-3-2-4-6-9;/h2-7H2,1H3;1H/q+1;/p-1.